The summed E-state index contributed by atoms with van der Waals surface area (Å²) in [6.45, 7) is 12.2. The van der Waals surface area contributed by atoms with Gasteiger partial charge in [-0.15, -0.1) is 0 Å². The molecular weight excluding hydrogens is 488 g/mol. The van der Waals surface area contributed by atoms with E-state index in [0.717, 1.165) is 37.1 Å². The number of H-pyrrole nitrogens is 1. The Labute approximate surface area is 220 Å². The van der Waals surface area contributed by atoms with E-state index in [0.29, 0.717) is 40.9 Å². The number of hydrogen-bond acceptors (Lipinski definition) is 6. The molecule has 0 unspecified atom stereocenters. The predicted molar refractivity (Wildman–Crippen MR) is 144 cm³/mol. The van der Waals surface area contributed by atoms with Crippen LogP contribution in [-0.2, 0) is 0 Å². The molecule has 4 aromatic rings. The van der Waals surface area contributed by atoms with Crippen molar-refractivity contribution >= 4 is 28.6 Å². The minimum absolute atomic E-state index is 0.0186. The van der Waals surface area contributed by atoms with Gasteiger partial charge in [0.2, 0.25) is 5.95 Å². The van der Waals surface area contributed by atoms with Crippen molar-refractivity contribution < 1.29 is 13.6 Å². The van der Waals surface area contributed by atoms with Gasteiger partial charge in [-0.05, 0) is 49.2 Å². The third kappa shape index (κ3) is 4.96. The van der Waals surface area contributed by atoms with Crippen molar-refractivity contribution in [1.29, 1.82) is 0 Å². The zero-order valence-electron chi connectivity index (χ0n) is 22.0. The number of anilines is 2. The number of benzene rings is 1. The molecule has 198 valence electrons. The zero-order chi connectivity index (χ0) is 27.0. The molecule has 1 amide bonds. The topological polar surface area (TPSA) is 90.0 Å². The molecule has 4 heterocycles. The van der Waals surface area contributed by atoms with Crippen LogP contribution in [0, 0.1) is 18.6 Å². The first kappa shape index (κ1) is 25.7. The number of aromatic amines is 1. The maximum absolute atomic E-state index is 15.0. The standard InChI is InChI=1S/C28H31F2N7O/c1-5-36-8-10-37(11-9-36)27(38)18-6-7-23(31-14-18)34-28-32-15-22(30)25(35-28)19-12-20-24(16(2)3)17(4)33-26(20)21(29)13-19/h6-7,12-16,33H,5,8-11H2,1-4H3,(H,31,32,34,35). The lowest BCUT2D eigenvalue weighted by Gasteiger charge is -2.34. The summed E-state index contributed by atoms with van der Waals surface area (Å²) in [7, 11) is 0. The molecule has 1 fully saturated rings. The molecule has 0 bridgehead atoms. The molecule has 8 nitrogen and oxygen atoms in total. The van der Waals surface area contributed by atoms with Gasteiger partial charge in [0.25, 0.3) is 5.91 Å². The minimum atomic E-state index is -0.662. The first-order valence-electron chi connectivity index (χ1n) is 12.8. The van der Waals surface area contributed by atoms with Crippen LogP contribution in [0.2, 0.25) is 0 Å². The molecule has 2 N–H and O–H groups in total. The molecule has 0 saturated carbocycles. The number of piperazine rings is 1. The Morgan fingerprint density at radius 1 is 1.08 bits per heavy atom. The number of amides is 1. The first-order chi connectivity index (χ1) is 18.2. The molecule has 0 aliphatic carbocycles. The highest BCUT2D eigenvalue weighted by molar-refractivity contribution is 5.94. The normalized spacial score (nSPS) is 14.4. The summed E-state index contributed by atoms with van der Waals surface area (Å²) >= 11 is 0. The summed E-state index contributed by atoms with van der Waals surface area (Å²) in [5, 5.41) is 3.66. The number of rotatable bonds is 6. The molecule has 1 aliphatic rings. The summed E-state index contributed by atoms with van der Waals surface area (Å²) < 4.78 is 29.8. The largest absolute Gasteiger partial charge is 0.356 e. The van der Waals surface area contributed by atoms with Crippen molar-refractivity contribution in [2.45, 2.75) is 33.6 Å². The number of nitrogens with one attached hydrogen (secondary N) is 2. The molecule has 1 aromatic carbocycles. The fourth-order valence-corrected chi connectivity index (χ4v) is 5.07. The van der Waals surface area contributed by atoms with Gasteiger partial charge in [-0.3, -0.25) is 4.79 Å². The van der Waals surface area contributed by atoms with Crippen LogP contribution in [0.1, 0.15) is 48.3 Å². The molecule has 10 heteroatoms. The second-order valence-corrected chi connectivity index (χ2v) is 9.87. The summed E-state index contributed by atoms with van der Waals surface area (Å²) in [6.07, 6.45) is 2.55. The van der Waals surface area contributed by atoms with Gasteiger partial charge in [0.15, 0.2) is 5.82 Å². The number of halogens is 2. The van der Waals surface area contributed by atoms with E-state index in [-0.39, 0.29) is 23.5 Å². The number of aryl methyl sites for hydroxylation is 1. The number of hydrogen-bond donors (Lipinski definition) is 2. The highest BCUT2D eigenvalue weighted by atomic mass is 19.1. The fraction of sp³-hybridized carbons (Fsp3) is 0.357. The van der Waals surface area contributed by atoms with Gasteiger partial charge >= 0.3 is 0 Å². The van der Waals surface area contributed by atoms with E-state index in [9.17, 15) is 13.6 Å². The monoisotopic (exact) mass is 519 g/mol. The number of likely N-dealkylation sites (N-methyl/N-ethyl adjacent to an activating group) is 1. The van der Waals surface area contributed by atoms with Crippen LogP contribution >= 0.6 is 0 Å². The van der Waals surface area contributed by atoms with E-state index in [1.54, 1.807) is 18.2 Å². The number of carbonyl (C=O) groups excluding carboxylic acids is 1. The maximum Gasteiger partial charge on any atom is 0.255 e. The Balaban J connectivity index is 1.37. The highest BCUT2D eigenvalue weighted by Crippen LogP contribution is 2.34. The van der Waals surface area contributed by atoms with Crippen LogP contribution in [0.5, 0.6) is 0 Å². The van der Waals surface area contributed by atoms with E-state index in [1.165, 1.54) is 12.3 Å². The lowest BCUT2D eigenvalue weighted by atomic mass is 9.98. The smallest absolute Gasteiger partial charge is 0.255 e. The minimum Gasteiger partial charge on any atom is -0.356 e. The van der Waals surface area contributed by atoms with Gasteiger partial charge in [-0.25, -0.2) is 23.7 Å². The zero-order valence-corrected chi connectivity index (χ0v) is 22.0. The van der Waals surface area contributed by atoms with E-state index in [1.807, 2.05) is 25.7 Å². The number of carbonyl (C=O) groups is 1. The van der Waals surface area contributed by atoms with Gasteiger partial charge in [-0.2, -0.15) is 0 Å². The Kier molecular flexibility index (Phi) is 7.07. The number of nitrogens with zero attached hydrogens (tertiary/aromatic N) is 5. The number of pyridine rings is 1. The summed E-state index contributed by atoms with van der Waals surface area (Å²) in [5.74, 6) is -0.521. The molecular formula is C28H31F2N7O. The molecule has 5 rings (SSSR count). The molecule has 0 radical (unpaired) electrons. The Bertz CT molecular complexity index is 1480. The van der Waals surface area contributed by atoms with Gasteiger partial charge in [0.05, 0.1) is 17.3 Å². The second-order valence-electron chi connectivity index (χ2n) is 9.87. The van der Waals surface area contributed by atoms with E-state index >= 15 is 0 Å². The van der Waals surface area contributed by atoms with Crippen LogP contribution in [0.25, 0.3) is 22.2 Å². The van der Waals surface area contributed by atoms with Crippen molar-refractivity contribution in [1.82, 2.24) is 29.7 Å². The molecule has 0 atom stereocenters. The Hall–Kier alpha value is -3.92. The lowest BCUT2D eigenvalue weighted by molar-refractivity contribution is 0.0643. The van der Waals surface area contributed by atoms with Crippen LogP contribution in [0.4, 0.5) is 20.5 Å². The molecule has 0 spiro atoms. The molecule has 3 aromatic heterocycles. The fourth-order valence-electron chi connectivity index (χ4n) is 5.07. The van der Waals surface area contributed by atoms with E-state index < -0.39 is 11.6 Å². The Morgan fingerprint density at radius 3 is 2.50 bits per heavy atom. The number of aromatic nitrogens is 4. The van der Waals surface area contributed by atoms with Gasteiger partial charge in [0.1, 0.15) is 17.3 Å². The quantitative estimate of drug-likeness (QED) is 0.362. The lowest BCUT2D eigenvalue weighted by Crippen LogP contribution is -2.48. The first-order valence-corrected chi connectivity index (χ1v) is 12.8. The van der Waals surface area contributed by atoms with E-state index in [4.69, 9.17) is 0 Å². The van der Waals surface area contributed by atoms with Gasteiger partial charge in [0, 0.05) is 49.0 Å². The van der Waals surface area contributed by atoms with E-state index in [2.05, 4.69) is 37.1 Å². The van der Waals surface area contributed by atoms with Gasteiger partial charge < -0.3 is 20.1 Å². The summed E-state index contributed by atoms with van der Waals surface area (Å²) in [5.41, 5.74) is 3.06. The maximum atomic E-state index is 15.0. The van der Waals surface area contributed by atoms with Crippen LogP contribution in [0.3, 0.4) is 0 Å². The van der Waals surface area contributed by atoms with Crippen LogP contribution in [0.15, 0.2) is 36.7 Å². The Morgan fingerprint density at radius 2 is 1.84 bits per heavy atom. The van der Waals surface area contributed by atoms with Crippen molar-refractivity contribution in [3.05, 3.63) is 65.1 Å². The third-order valence-corrected chi connectivity index (χ3v) is 7.05. The summed E-state index contributed by atoms with van der Waals surface area (Å²) in [4.78, 5) is 32.7. The number of fused-ring (bicyclic) bond motifs is 1. The van der Waals surface area contributed by atoms with Crippen molar-refractivity contribution in [2.24, 2.45) is 0 Å². The average Bonchev–Trinajstić information content (AvgIpc) is 3.26. The molecule has 38 heavy (non-hydrogen) atoms. The SMILES string of the molecule is CCN1CCN(C(=O)c2ccc(Nc3ncc(F)c(-c4cc(F)c5[nH]c(C)c(C(C)C)c5c4)n3)nc2)CC1. The summed E-state index contributed by atoms with van der Waals surface area (Å²) in [6, 6.07) is 6.38. The average molecular weight is 520 g/mol. The van der Waals surface area contributed by atoms with Crippen LogP contribution < -0.4 is 5.32 Å². The molecule has 1 saturated heterocycles. The van der Waals surface area contributed by atoms with Crippen LogP contribution in [-0.4, -0.2) is 68.4 Å². The highest BCUT2D eigenvalue weighted by Gasteiger charge is 2.22. The van der Waals surface area contributed by atoms with Crippen molar-refractivity contribution in [3.63, 3.8) is 0 Å². The predicted octanol–water partition coefficient (Wildman–Crippen LogP) is 5.25. The molecule has 1 aliphatic heterocycles. The van der Waals surface area contributed by atoms with Crippen molar-refractivity contribution in [2.75, 3.05) is 38.0 Å². The third-order valence-electron chi connectivity index (χ3n) is 7.05. The van der Waals surface area contributed by atoms with Crippen molar-refractivity contribution in [3.8, 4) is 11.3 Å². The van der Waals surface area contributed by atoms with Gasteiger partial charge in [-0.1, -0.05) is 20.8 Å². The second kappa shape index (κ2) is 10.4.